The zero-order valence-electron chi connectivity index (χ0n) is 25.9. The maximum atomic E-state index is 13.0. The fourth-order valence-corrected chi connectivity index (χ4v) is 5.09. The molecule has 0 saturated heterocycles. The Bertz CT molecular complexity index is 1230. The van der Waals surface area contributed by atoms with Gasteiger partial charge in [0.15, 0.2) is 0 Å². The number of fused-ring (bicyclic) bond motifs is 2. The van der Waals surface area contributed by atoms with Crippen molar-refractivity contribution >= 4 is 23.4 Å². The van der Waals surface area contributed by atoms with Crippen LogP contribution in [-0.4, -0.2) is 72.5 Å². The number of phenolic OH excluding ortho intramolecular Hbond substituents is 2. The average molecular weight is 602 g/mol. The minimum absolute atomic E-state index is 0.0544. The van der Waals surface area contributed by atoms with Crippen LogP contribution in [0.1, 0.15) is 46.1 Å². The lowest BCUT2D eigenvalue weighted by atomic mass is 9.87. The number of ether oxygens (including phenoxy) is 3. The van der Waals surface area contributed by atoms with Crippen molar-refractivity contribution in [3.8, 4) is 11.5 Å². The number of hydrogen-bond donors (Lipinski definition) is 6. The summed E-state index contributed by atoms with van der Waals surface area (Å²) in [6, 6.07) is 1.29. The average Bonchev–Trinajstić information content (AvgIpc) is 2.95. The van der Waals surface area contributed by atoms with Crippen LogP contribution in [0.3, 0.4) is 0 Å². The molecule has 1 aliphatic rings. The second kappa shape index (κ2) is 16.7. The van der Waals surface area contributed by atoms with E-state index in [1.54, 1.807) is 38.2 Å². The van der Waals surface area contributed by atoms with Gasteiger partial charge >= 0.3 is 6.09 Å². The van der Waals surface area contributed by atoms with Crippen LogP contribution in [-0.2, 0) is 25.4 Å². The number of rotatable bonds is 6. The Kier molecular flexibility index (Phi) is 13.8. The molecule has 43 heavy (non-hydrogen) atoms. The van der Waals surface area contributed by atoms with Crippen molar-refractivity contribution in [3.05, 3.63) is 59.7 Å². The lowest BCUT2D eigenvalue weighted by molar-refractivity contribution is -0.112. The Morgan fingerprint density at radius 2 is 1.91 bits per heavy atom. The molecule has 2 amide bonds. The number of anilines is 2. The molecule has 0 aromatic heterocycles. The van der Waals surface area contributed by atoms with E-state index in [1.807, 2.05) is 19.9 Å². The molecule has 7 N–H and O–H groups in total. The number of methoxy groups -OCH3 is 2. The first-order valence-electron chi connectivity index (χ1n) is 14.3. The third-order valence-corrected chi connectivity index (χ3v) is 7.53. The largest absolute Gasteiger partial charge is 0.506 e. The van der Waals surface area contributed by atoms with E-state index in [4.69, 9.17) is 19.9 Å². The summed E-state index contributed by atoms with van der Waals surface area (Å²) in [5.41, 5.74) is 7.15. The van der Waals surface area contributed by atoms with E-state index in [2.05, 4.69) is 17.2 Å². The Morgan fingerprint density at radius 1 is 1.21 bits per heavy atom. The van der Waals surface area contributed by atoms with Gasteiger partial charge in [0.1, 0.15) is 17.6 Å². The minimum Gasteiger partial charge on any atom is -0.506 e. The number of aliphatic hydroxyl groups excluding tert-OH is 1. The molecular weight excluding hydrogens is 554 g/mol. The highest BCUT2D eigenvalue weighted by atomic mass is 16.6. The third kappa shape index (κ3) is 10.2. The topological polar surface area (TPSA) is 173 Å². The molecule has 1 aliphatic heterocycles. The molecule has 238 valence electrons. The third-order valence-electron chi connectivity index (χ3n) is 7.53. The van der Waals surface area contributed by atoms with Gasteiger partial charge in [-0.15, -0.1) is 6.58 Å². The molecule has 0 saturated carbocycles. The van der Waals surface area contributed by atoms with Crippen LogP contribution < -0.4 is 16.4 Å². The Labute approximate surface area is 254 Å². The van der Waals surface area contributed by atoms with Crippen molar-refractivity contribution < 1.29 is 39.1 Å². The van der Waals surface area contributed by atoms with Crippen LogP contribution in [0.5, 0.6) is 11.5 Å². The number of phenols is 2. The number of allylic oxidation sites excluding steroid dienone is 2. The van der Waals surface area contributed by atoms with E-state index in [0.717, 1.165) is 0 Å². The molecule has 11 heteroatoms. The number of nitrogens with one attached hydrogen (secondary N) is 2. The number of nitrogens with two attached hydrogens (primary N) is 1. The van der Waals surface area contributed by atoms with Crippen LogP contribution in [0.15, 0.2) is 54.2 Å². The minimum atomic E-state index is -0.935. The van der Waals surface area contributed by atoms with Crippen molar-refractivity contribution in [1.82, 2.24) is 0 Å². The lowest BCUT2D eigenvalue weighted by Crippen LogP contribution is -2.35. The number of carbonyl (C=O) groups excluding carboxylic acids is 2. The van der Waals surface area contributed by atoms with E-state index in [9.17, 15) is 24.9 Å². The predicted octanol–water partition coefficient (Wildman–Crippen LogP) is 4.55. The normalized spacial score (nSPS) is 29.1. The number of aliphatic hydroxyl groups is 1. The standard InChI is InChI=1S/C32H47N3O8/c1-8-12-34-28-23-13-18(2)14-27(42-7)29(37)21(5)15-20(4)26(43-32(33)40)16-22(41-6)11-9-10-19(3)31(39)35-24(30(23)38)17-25(28)36/h8-11,15,17-18,21-22,26-27,29,34,36-38H,1,12-14,16H2,2-7H3,(H2,33,40)(H,35,39)/b11-9-,19-10+,20-15+/t18?,21?,22?,26?,27?,29-/m1/s1. The van der Waals surface area contributed by atoms with Gasteiger partial charge in [-0.1, -0.05) is 44.2 Å². The first-order chi connectivity index (χ1) is 20.3. The van der Waals surface area contributed by atoms with E-state index >= 15 is 0 Å². The molecule has 1 aromatic carbocycles. The lowest BCUT2D eigenvalue weighted by Gasteiger charge is -2.29. The van der Waals surface area contributed by atoms with E-state index in [1.165, 1.54) is 20.3 Å². The number of aromatic hydroxyl groups is 2. The Hall–Kier alpha value is -3.80. The van der Waals surface area contributed by atoms with E-state index in [0.29, 0.717) is 41.8 Å². The zero-order chi connectivity index (χ0) is 32.3. The maximum Gasteiger partial charge on any atom is 0.405 e. The Balaban J connectivity index is 2.63. The zero-order valence-corrected chi connectivity index (χ0v) is 25.9. The fourth-order valence-electron chi connectivity index (χ4n) is 5.09. The van der Waals surface area contributed by atoms with Gasteiger partial charge in [0.2, 0.25) is 0 Å². The van der Waals surface area contributed by atoms with Crippen LogP contribution >= 0.6 is 0 Å². The predicted molar refractivity (Wildman–Crippen MR) is 167 cm³/mol. The maximum absolute atomic E-state index is 13.0. The summed E-state index contributed by atoms with van der Waals surface area (Å²) in [4.78, 5) is 24.7. The van der Waals surface area contributed by atoms with Crippen molar-refractivity contribution in [3.63, 3.8) is 0 Å². The molecule has 1 aromatic rings. The highest BCUT2D eigenvalue weighted by Gasteiger charge is 2.29. The smallest absolute Gasteiger partial charge is 0.405 e. The van der Waals surface area contributed by atoms with Gasteiger partial charge in [-0.3, -0.25) is 4.79 Å². The quantitative estimate of drug-likeness (QED) is 0.155. The number of primary amides is 1. The van der Waals surface area contributed by atoms with Gasteiger partial charge in [0.25, 0.3) is 5.91 Å². The summed E-state index contributed by atoms with van der Waals surface area (Å²) in [5.74, 6) is -1.33. The molecule has 0 fully saturated rings. The molecule has 11 nitrogen and oxygen atoms in total. The summed E-state index contributed by atoms with van der Waals surface area (Å²) < 4.78 is 16.6. The summed E-state index contributed by atoms with van der Waals surface area (Å²) >= 11 is 0. The molecule has 2 rings (SSSR count). The van der Waals surface area contributed by atoms with Crippen LogP contribution in [0.25, 0.3) is 0 Å². The molecule has 5 unspecified atom stereocenters. The fraction of sp³-hybridized carbons (Fsp3) is 0.500. The van der Waals surface area contributed by atoms with Gasteiger partial charge in [-0.05, 0) is 38.2 Å². The monoisotopic (exact) mass is 601 g/mol. The van der Waals surface area contributed by atoms with Crippen LogP contribution in [0, 0.1) is 11.8 Å². The van der Waals surface area contributed by atoms with Gasteiger partial charge < -0.3 is 45.9 Å². The highest BCUT2D eigenvalue weighted by Crippen LogP contribution is 2.42. The molecule has 0 aliphatic carbocycles. The molecule has 6 atom stereocenters. The van der Waals surface area contributed by atoms with E-state index < -0.39 is 36.4 Å². The van der Waals surface area contributed by atoms with Crippen molar-refractivity contribution in [2.24, 2.45) is 17.6 Å². The second-order valence-electron chi connectivity index (χ2n) is 11.0. The van der Waals surface area contributed by atoms with Gasteiger partial charge in [-0.2, -0.15) is 0 Å². The SMILES string of the molecule is C=CCNc1c(O)cc2c(O)c1CC(C)CC(OC)[C@H](O)C(C)/C=C(\C)C(OC(N)=O)CC(OC)/C=C\C=C(/C)C(=O)N2. The van der Waals surface area contributed by atoms with Crippen LogP contribution in [0.4, 0.5) is 16.2 Å². The van der Waals surface area contributed by atoms with Crippen molar-refractivity contribution in [1.29, 1.82) is 0 Å². The summed E-state index contributed by atoms with van der Waals surface area (Å²) in [5, 5.41) is 39.1. The summed E-state index contributed by atoms with van der Waals surface area (Å²) in [6.45, 7) is 11.2. The highest BCUT2D eigenvalue weighted by molar-refractivity contribution is 6.04. The van der Waals surface area contributed by atoms with Gasteiger partial charge in [-0.25, -0.2) is 4.79 Å². The number of benzene rings is 1. The summed E-state index contributed by atoms with van der Waals surface area (Å²) in [7, 11) is 3.03. The Morgan fingerprint density at radius 3 is 2.51 bits per heavy atom. The molecular formula is C32H47N3O8. The number of amides is 2. The first-order valence-corrected chi connectivity index (χ1v) is 14.3. The molecule has 0 spiro atoms. The number of hydrogen-bond acceptors (Lipinski definition) is 9. The second-order valence-corrected chi connectivity index (χ2v) is 11.0. The van der Waals surface area contributed by atoms with Crippen molar-refractivity contribution in [2.45, 2.75) is 71.4 Å². The van der Waals surface area contributed by atoms with Crippen LogP contribution in [0.2, 0.25) is 0 Å². The first kappa shape index (κ1) is 35.4. The van der Waals surface area contributed by atoms with Crippen molar-refractivity contribution in [2.75, 3.05) is 31.4 Å². The van der Waals surface area contributed by atoms with Gasteiger partial charge in [0.05, 0.1) is 29.7 Å². The molecule has 1 heterocycles. The molecule has 2 bridgehead atoms. The summed E-state index contributed by atoms with van der Waals surface area (Å²) in [6.07, 6.45) is 5.67. The van der Waals surface area contributed by atoms with Gasteiger partial charge in [0, 0.05) is 50.3 Å². The van der Waals surface area contributed by atoms with E-state index in [-0.39, 0.29) is 35.4 Å². The molecule has 0 radical (unpaired) electrons. The number of carbonyl (C=O) groups is 2.